The number of nitrogens with zero attached hydrogens (tertiary/aromatic N) is 2. The molecule has 0 aliphatic rings. The lowest BCUT2D eigenvalue weighted by Gasteiger charge is -2.06. The number of pyridine rings is 1. The van der Waals surface area contributed by atoms with Crippen molar-refractivity contribution in [1.82, 2.24) is 4.98 Å². The first-order valence-corrected chi connectivity index (χ1v) is 6.07. The number of amides is 1. The van der Waals surface area contributed by atoms with Gasteiger partial charge in [-0.05, 0) is 37.3 Å². The zero-order chi connectivity index (χ0) is 15.8. The summed E-state index contributed by atoms with van der Waals surface area (Å²) in [5, 5.41) is 20.7. The molecule has 0 bridgehead atoms. The molecular formula is C16H15N3O2. The number of carbonyl (C=O) groups excluding carboxylic acids is 1. The van der Waals surface area contributed by atoms with E-state index in [9.17, 15) is 4.79 Å². The van der Waals surface area contributed by atoms with Crippen molar-refractivity contribution in [2.75, 3.05) is 5.32 Å². The standard InChI is InChI=1S/C14H11N3O2.C2H4/c1-9-11(7-15)6-12(8-16-9)17-14(19)10-2-4-13(18)5-3-10;1-2/h2-6,8,18H,1H3,(H,17,19);1-2H2. The molecule has 0 unspecified atom stereocenters. The minimum Gasteiger partial charge on any atom is -0.508 e. The van der Waals surface area contributed by atoms with Crippen LogP contribution in [-0.2, 0) is 0 Å². The third-order valence-corrected chi connectivity index (χ3v) is 2.59. The summed E-state index contributed by atoms with van der Waals surface area (Å²) in [4.78, 5) is 15.9. The molecule has 1 aromatic carbocycles. The monoisotopic (exact) mass is 281 g/mol. The number of phenols is 1. The Morgan fingerprint density at radius 3 is 2.52 bits per heavy atom. The first-order chi connectivity index (χ1) is 10.1. The van der Waals surface area contributed by atoms with Crippen molar-refractivity contribution in [2.45, 2.75) is 6.92 Å². The molecule has 5 nitrogen and oxygen atoms in total. The van der Waals surface area contributed by atoms with Crippen molar-refractivity contribution >= 4 is 11.6 Å². The predicted octanol–water partition coefficient (Wildman–Crippen LogP) is 3.02. The number of phenolic OH excluding ortho intramolecular Hbond substituents is 1. The van der Waals surface area contributed by atoms with Crippen molar-refractivity contribution in [1.29, 1.82) is 5.26 Å². The van der Waals surface area contributed by atoms with Crippen LogP contribution in [0.2, 0.25) is 0 Å². The predicted molar refractivity (Wildman–Crippen MR) is 81.0 cm³/mol. The topological polar surface area (TPSA) is 86.0 Å². The van der Waals surface area contributed by atoms with Crippen LogP contribution in [0, 0.1) is 18.3 Å². The Morgan fingerprint density at radius 1 is 1.33 bits per heavy atom. The van der Waals surface area contributed by atoms with Gasteiger partial charge in [0, 0.05) is 5.56 Å². The van der Waals surface area contributed by atoms with Crippen LogP contribution in [0.15, 0.2) is 49.7 Å². The summed E-state index contributed by atoms with van der Waals surface area (Å²) in [5.41, 5.74) is 1.91. The van der Waals surface area contributed by atoms with Gasteiger partial charge in [0.1, 0.15) is 11.8 Å². The summed E-state index contributed by atoms with van der Waals surface area (Å²) in [6.45, 7) is 7.73. The van der Waals surface area contributed by atoms with E-state index in [1.807, 2.05) is 6.07 Å². The number of nitrogens with one attached hydrogen (secondary N) is 1. The van der Waals surface area contributed by atoms with Crippen LogP contribution in [-0.4, -0.2) is 16.0 Å². The van der Waals surface area contributed by atoms with E-state index in [2.05, 4.69) is 23.5 Å². The number of rotatable bonds is 2. The van der Waals surface area contributed by atoms with Crippen LogP contribution in [0.1, 0.15) is 21.6 Å². The molecule has 21 heavy (non-hydrogen) atoms. The van der Waals surface area contributed by atoms with E-state index in [0.717, 1.165) is 0 Å². The van der Waals surface area contributed by atoms with E-state index in [0.29, 0.717) is 22.5 Å². The highest BCUT2D eigenvalue weighted by atomic mass is 16.3. The van der Waals surface area contributed by atoms with Gasteiger partial charge in [0.2, 0.25) is 0 Å². The van der Waals surface area contributed by atoms with Gasteiger partial charge in [-0.2, -0.15) is 5.26 Å². The molecule has 0 aliphatic heterocycles. The summed E-state index contributed by atoms with van der Waals surface area (Å²) in [7, 11) is 0. The van der Waals surface area contributed by atoms with Crippen LogP contribution in [0.3, 0.4) is 0 Å². The maximum Gasteiger partial charge on any atom is 0.255 e. The van der Waals surface area contributed by atoms with Crippen molar-refractivity contribution < 1.29 is 9.90 Å². The van der Waals surface area contributed by atoms with E-state index in [4.69, 9.17) is 10.4 Å². The summed E-state index contributed by atoms with van der Waals surface area (Å²) in [6, 6.07) is 9.47. The van der Waals surface area contributed by atoms with Gasteiger partial charge >= 0.3 is 0 Å². The first-order valence-electron chi connectivity index (χ1n) is 6.07. The van der Waals surface area contributed by atoms with E-state index in [1.54, 1.807) is 13.0 Å². The second-order valence-corrected chi connectivity index (χ2v) is 3.97. The molecule has 1 aromatic heterocycles. The number of nitriles is 1. The molecule has 0 radical (unpaired) electrons. The largest absolute Gasteiger partial charge is 0.508 e. The fraction of sp³-hybridized carbons (Fsp3) is 0.0625. The highest BCUT2D eigenvalue weighted by molar-refractivity contribution is 6.04. The normalized spacial score (nSPS) is 8.95. The number of aromatic nitrogens is 1. The molecule has 2 aromatic rings. The van der Waals surface area contributed by atoms with Crippen LogP contribution in [0.25, 0.3) is 0 Å². The minimum atomic E-state index is -0.324. The lowest BCUT2D eigenvalue weighted by Crippen LogP contribution is -2.12. The summed E-state index contributed by atoms with van der Waals surface area (Å²) in [6.07, 6.45) is 1.49. The van der Waals surface area contributed by atoms with Crippen molar-refractivity contribution in [3.05, 3.63) is 66.5 Å². The van der Waals surface area contributed by atoms with Crippen LogP contribution in [0.5, 0.6) is 5.75 Å². The Balaban J connectivity index is 0.00000106. The van der Waals surface area contributed by atoms with Gasteiger partial charge in [-0.15, -0.1) is 13.2 Å². The second-order valence-electron chi connectivity index (χ2n) is 3.97. The van der Waals surface area contributed by atoms with Crippen molar-refractivity contribution in [3.8, 4) is 11.8 Å². The summed E-state index contributed by atoms with van der Waals surface area (Å²) in [5.74, 6) is -0.227. The van der Waals surface area contributed by atoms with Gasteiger partial charge in [-0.25, -0.2) is 0 Å². The molecule has 2 rings (SSSR count). The smallest absolute Gasteiger partial charge is 0.255 e. The molecular weight excluding hydrogens is 266 g/mol. The zero-order valence-corrected chi connectivity index (χ0v) is 11.6. The number of hydrogen-bond acceptors (Lipinski definition) is 4. The van der Waals surface area contributed by atoms with Gasteiger partial charge in [0.05, 0.1) is 23.1 Å². The number of carbonyl (C=O) groups is 1. The highest BCUT2D eigenvalue weighted by Gasteiger charge is 2.07. The molecule has 0 fully saturated rings. The number of aromatic hydroxyl groups is 1. The van der Waals surface area contributed by atoms with Crippen LogP contribution < -0.4 is 5.32 Å². The molecule has 1 amide bonds. The quantitative estimate of drug-likeness (QED) is 0.828. The SMILES string of the molecule is C=C.Cc1ncc(NC(=O)c2ccc(O)cc2)cc1C#N. The Labute approximate surface area is 123 Å². The van der Waals surface area contributed by atoms with E-state index in [-0.39, 0.29) is 11.7 Å². The van der Waals surface area contributed by atoms with Crippen LogP contribution in [0.4, 0.5) is 5.69 Å². The van der Waals surface area contributed by atoms with Gasteiger partial charge < -0.3 is 10.4 Å². The molecule has 0 aliphatic carbocycles. The third-order valence-electron chi connectivity index (χ3n) is 2.59. The fourth-order valence-corrected chi connectivity index (χ4v) is 1.53. The zero-order valence-electron chi connectivity index (χ0n) is 11.6. The van der Waals surface area contributed by atoms with Crippen LogP contribution >= 0.6 is 0 Å². The second kappa shape index (κ2) is 7.46. The molecule has 0 saturated heterocycles. The average molecular weight is 281 g/mol. The Bertz CT molecular complexity index is 673. The van der Waals surface area contributed by atoms with E-state index >= 15 is 0 Å². The lowest BCUT2D eigenvalue weighted by molar-refractivity contribution is 0.102. The number of benzene rings is 1. The fourth-order valence-electron chi connectivity index (χ4n) is 1.53. The molecule has 1 heterocycles. The molecule has 0 atom stereocenters. The molecule has 0 spiro atoms. The minimum absolute atomic E-state index is 0.0975. The van der Waals surface area contributed by atoms with E-state index in [1.165, 1.54) is 30.5 Å². The lowest BCUT2D eigenvalue weighted by atomic mass is 10.2. The van der Waals surface area contributed by atoms with E-state index < -0.39 is 0 Å². The van der Waals surface area contributed by atoms with Crippen molar-refractivity contribution in [2.24, 2.45) is 0 Å². The Morgan fingerprint density at radius 2 is 1.95 bits per heavy atom. The average Bonchev–Trinajstić information content (AvgIpc) is 2.51. The Kier molecular flexibility index (Phi) is 5.66. The highest BCUT2D eigenvalue weighted by Crippen LogP contribution is 2.14. The van der Waals surface area contributed by atoms with Gasteiger partial charge in [-0.3, -0.25) is 9.78 Å². The van der Waals surface area contributed by atoms with Gasteiger partial charge in [-0.1, -0.05) is 0 Å². The van der Waals surface area contributed by atoms with Gasteiger partial charge in [0.15, 0.2) is 0 Å². The molecule has 0 saturated carbocycles. The number of anilines is 1. The summed E-state index contributed by atoms with van der Waals surface area (Å²) < 4.78 is 0. The maximum absolute atomic E-state index is 11.9. The molecule has 106 valence electrons. The maximum atomic E-state index is 11.9. The molecule has 2 N–H and O–H groups in total. The number of aryl methyl sites for hydroxylation is 1. The summed E-state index contributed by atoms with van der Waals surface area (Å²) >= 11 is 0. The molecule has 5 heteroatoms. The Hall–Kier alpha value is -3.13. The first kappa shape index (κ1) is 15.9. The number of hydrogen-bond donors (Lipinski definition) is 2. The van der Waals surface area contributed by atoms with Gasteiger partial charge in [0.25, 0.3) is 5.91 Å². The van der Waals surface area contributed by atoms with Crippen molar-refractivity contribution in [3.63, 3.8) is 0 Å². The third kappa shape index (κ3) is 4.18.